The normalized spacial score (nSPS) is 12.1. The zero-order valence-corrected chi connectivity index (χ0v) is 11.2. The van der Waals surface area contributed by atoms with Crippen molar-refractivity contribution in [3.63, 3.8) is 0 Å². The van der Waals surface area contributed by atoms with Crippen LogP contribution in [0.15, 0.2) is 23.1 Å². The number of aromatic amines is 1. The van der Waals surface area contributed by atoms with E-state index >= 15 is 0 Å². The van der Waals surface area contributed by atoms with Gasteiger partial charge in [0.15, 0.2) is 0 Å². The SMILES string of the molecule is CCCCCCC(C)NC(=O)c1cc[nH]c(=O)c1. The molecule has 0 spiro atoms. The average molecular weight is 250 g/mol. The zero-order valence-electron chi connectivity index (χ0n) is 11.2. The summed E-state index contributed by atoms with van der Waals surface area (Å²) >= 11 is 0. The lowest BCUT2D eigenvalue weighted by atomic mass is 10.1. The van der Waals surface area contributed by atoms with E-state index in [2.05, 4.69) is 17.2 Å². The number of hydrogen-bond acceptors (Lipinski definition) is 2. The first kappa shape index (κ1) is 14.5. The van der Waals surface area contributed by atoms with Gasteiger partial charge in [0.05, 0.1) is 0 Å². The molecule has 0 saturated carbocycles. The Bertz CT molecular complexity index is 426. The zero-order chi connectivity index (χ0) is 13.4. The van der Waals surface area contributed by atoms with Crippen LogP contribution in [0.5, 0.6) is 0 Å². The van der Waals surface area contributed by atoms with Crippen molar-refractivity contribution >= 4 is 5.91 Å². The fraction of sp³-hybridized carbons (Fsp3) is 0.571. The molecule has 0 aliphatic heterocycles. The molecule has 0 fully saturated rings. The highest BCUT2D eigenvalue weighted by molar-refractivity contribution is 5.94. The van der Waals surface area contributed by atoms with E-state index in [9.17, 15) is 9.59 Å². The maximum atomic E-state index is 11.8. The van der Waals surface area contributed by atoms with Crippen molar-refractivity contribution in [3.05, 3.63) is 34.2 Å². The molecule has 4 heteroatoms. The topological polar surface area (TPSA) is 62.0 Å². The number of unbranched alkanes of at least 4 members (excludes halogenated alkanes) is 3. The van der Waals surface area contributed by atoms with Crippen LogP contribution in [0, 0.1) is 0 Å². The Morgan fingerprint density at radius 1 is 1.39 bits per heavy atom. The second-order valence-corrected chi connectivity index (χ2v) is 4.67. The van der Waals surface area contributed by atoms with Gasteiger partial charge < -0.3 is 10.3 Å². The lowest BCUT2D eigenvalue weighted by Gasteiger charge is -2.13. The highest BCUT2D eigenvalue weighted by Gasteiger charge is 2.09. The Kier molecular flexibility index (Phi) is 6.19. The van der Waals surface area contributed by atoms with E-state index in [4.69, 9.17) is 0 Å². The molecule has 1 aromatic rings. The number of H-pyrrole nitrogens is 1. The lowest BCUT2D eigenvalue weighted by Crippen LogP contribution is -2.33. The molecule has 1 amide bonds. The Morgan fingerprint density at radius 3 is 2.83 bits per heavy atom. The van der Waals surface area contributed by atoms with Crippen molar-refractivity contribution in [1.82, 2.24) is 10.3 Å². The number of carbonyl (C=O) groups excluding carboxylic acids is 1. The maximum absolute atomic E-state index is 11.8. The summed E-state index contributed by atoms with van der Waals surface area (Å²) in [5, 5.41) is 2.91. The molecule has 0 aromatic carbocycles. The van der Waals surface area contributed by atoms with E-state index in [1.54, 1.807) is 6.07 Å². The number of rotatable bonds is 7. The molecular weight excluding hydrogens is 228 g/mol. The summed E-state index contributed by atoms with van der Waals surface area (Å²) in [5.41, 5.74) is 0.164. The number of nitrogens with one attached hydrogen (secondary N) is 2. The molecule has 4 nitrogen and oxygen atoms in total. The summed E-state index contributed by atoms with van der Waals surface area (Å²) in [6.07, 6.45) is 7.27. The van der Waals surface area contributed by atoms with Gasteiger partial charge in [0.25, 0.3) is 5.91 Å². The fourth-order valence-electron chi connectivity index (χ4n) is 1.84. The Hall–Kier alpha value is -1.58. The van der Waals surface area contributed by atoms with Gasteiger partial charge in [0, 0.05) is 23.9 Å². The molecule has 0 bridgehead atoms. The van der Waals surface area contributed by atoms with Crippen molar-refractivity contribution in [2.45, 2.75) is 52.0 Å². The summed E-state index contributed by atoms with van der Waals surface area (Å²) in [6, 6.07) is 3.08. The minimum absolute atomic E-state index is 0.147. The third-order valence-electron chi connectivity index (χ3n) is 2.91. The van der Waals surface area contributed by atoms with E-state index < -0.39 is 0 Å². The van der Waals surface area contributed by atoms with Crippen LogP contribution < -0.4 is 10.9 Å². The van der Waals surface area contributed by atoms with Crippen molar-refractivity contribution in [1.29, 1.82) is 0 Å². The number of aromatic nitrogens is 1. The monoisotopic (exact) mass is 250 g/mol. The molecule has 18 heavy (non-hydrogen) atoms. The maximum Gasteiger partial charge on any atom is 0.251 e. The summed E-state index contributed by atoms with van der Waals surface area (Å²) < 4.78 is 0. The highest BCUT2D eigenvalue weighted by Crippen LogP contribution is 2.06. The van der Waals surface area contributed by atoms with Crippen LogP contribution in [-0.4, -0.2) is 16.9 Å². The Balaban J connectivity index is 2.37. The lowest BCUT2D eigenvalue weighted by molar-refractivity contribution is 0.0937. The van der Waals surface area contributed by atoms with E-state index in [0.29, 0.717) is 5.56 Å². The van der Waals surface area contributed by atoms with Crippen LogP contribution in [0.4, 0.5) is 0 Å². The molecule has 0 aliphatic carbocycles. The standard InChI is InChI=1S/C14H22N2O2/c1-3-4-5-6-7-11(2)16-14(18)12-8-9-15-13(17)10-12/h8-11H,3-7H2,1-2H3,(H,15,17)(H,16,18). The van der Waals surface area contributed by atoms with Crippen LogP contribution in [-0.2, 0) is 0 Å². The van der Waals surface area contributed by atoms with Gasteiger partial charge >= 0.3 is 0 Å². The first-order chi connectivity index (χ1) is 8.63. The van der Waals surface area contributed by atoms with E-state index in [0.717, 1.165) is 12.8 Å². The molecule has 0 aliphatic rings. The predicted octanol–water partition coefficient (Wildman–Crippen LogP) is 2.46. The highest BCUT2D eigenvalue weighted by atomic mass is 16.2. The van der Waals surface area contributed by atoms with Crippen molar-refractivity contribution in [2.75, 3.05) is 0 Å². The number of pyridine rings is 1. The smallest absolute Gasteiger partial charge is 0.251 e. The van der Waals surface area contributed by atoms with Gasteiger partial charge in [0.1, 0.15) is 0 Å². The second kappa shape index (κ2) is 7.69. The Labute approximate surface area is 108 Å². The predicted molar refractivity (Wildman–Crippen MR) is 72.7 cm³/mol. The van der Waals surface area contributed by atoms with Gasteiger partial charge in [-0.15, -0.1) is 0 Å². The first-order valence-corrected chi connectivity index (χ1v) is 6.63. The van der Waals surface area contributed by atoms with Crippen LogP contribution in [0.1, 0.15) is 56.3 Å². The third kappa shape index (κ3) is 5.17. The van der Waals surface area contributed by atoms with E-state index in [-0.39, 0.29) is 17.5 Å². The molecule has 1 aromatic heterocycles. The molecule has 0 radical (unpaired) electrons. The molecule has 1 atom stereocenters. The average Bonchev–Trinajstić information content (AvgIpc) is 2.34. The van der Waals surface area contributed by atoms with Gasteiger partial charge in [-0.1, -0.05) is 32.6 Å². The molecule has 1 heterocycles. The molecule has 100 valence electrons. The molecule has 0 saturated heterocycles. The summed E-state index contributed by atoms with van der Waals surface area (Å²) in [4.78, 5) is 25.4. The van der Waals surface area contributed by atoms with Gasteiger partial charge in [-0.3, -0.25) is 9.59 Å². The van der Waals surface area contributed by atoms with Crippen molar-refractivity contribution < 1.29 is 4.79 Å². The van der Waals surface area contributed by atoms with Crippen molar-refractivity contribution in [3.8, 4) is 0 Å². The number of carbonyl (C=O) groups is 1. The van der Waals surface area contributed by atoms with Crippen LogP contribution in [0.25, 0.3) is 0 Å². The third-order valence-corrected chi connectivity index (χ3v) is 2.91. The summed E-state index contributed by atoms with van der Waals surface area (Å²) in [7, 11) is 0. The molecule has 1 unspecified atom stereocenters. The summed E-state index contributed by atoms with van der Waals surface area (Å²) in [5.74, 6) is -0.177. The molecule has 2 N–H and O–H groups in total. The van der Waals surface area contributed by atoms with Gasteiger partial charge in [-0.2, -0.15) is 0 Å². The van der Waals surface area contributed by atoms with Crippen LogP contribution >= 0.6 is 0 Å². The second-order valence-electron chi connectivity index (χ2n) is 4.67. The van der Waals surface area contributed by atoms with Gasteiger partial charge in [-0.25, -0.2) is 0 Å². The minimum atomic E-state index is -0.252. The molecule has 1 rings (SSSR count). The molecular formula is C14H22N2O2. The van der Waals surface area contributed by atoms with Crippen LogP contribution in [0.2, 0.25) is 0 Å². The van der Waals surface area contributed by atoms with E-state index in [1.807, 2.05) is 6.92 Å². The fourth-order valence-corrected chi connectivity index (χ4v) is 1.84. The number of amides is 1. The first-order valence-electron chi connectivity index (χ1n) is 6.63. The van der Waals surface area contributed by atoms with E-state index in [1.165, 1.54) is 31.5 Å². The Morgan fingerprint density at radius 2 is 2.17 bits per heavy atom. The quantitative estimate of drug-likeness (QED) is 0.730. The largest absolute Gasteiger partial charge is 0.350 e. The minimum Gasteiger partial charge on any atom is -0.350 e. The van der Waals surface area contributed by atoms with Crippen LogP contribution in [0.3, 0.4) is 0 Å². The summed E-state index contributed by atoms with van der Waals surface area (Å²) in [6.45, 7) is 4.18. The van der Waals surface area contributed by atoms with Gasteiger partial charge in [-0.05, 0) is 19.4 Å². The number of hydrogen-bond donors (Lipinski definition) is 2. The van der Waals surface area contributed by atoms with Gasteiger partial charge in [0.2, 0.25) is 5.56 Å². The van der Waals surface area contributed by atoms with Crippen molar-refractivity contribution in [2.24, 2.45) is 0 Å².